The van der Waals surface area contributed by atoms with Crippen LogP contribution in [-0.4, -0.2) is 53.9 Å². The van der Waals surface area contributed by atoms with Crippen molar-refractivity contribution in [2.45, 2.75) is 32.2 Å². The molecule has 2 aliphatic heterocycles. The minimum atomic E-state index is 0. The predicted octanol–water partition coefficient (Wildman–Crippen LogP) is 1.48. The number of rotatable bonds is 3. The van der Waals surface area contributed by atoms with Gasteiger partial charge < -0.3 is 10.2 Å². The van der Waals surface area contributed by atoms with Crippen molar-refractivity contribution in [3.8, 4) is 0 Å². The van der Waals surface area contributed by atoms with Crippen molar-refractivity contribution in [2.24, 2.45) is 0 Å². The highest BCUT2D eigenvalue weighted by Crippen LogP contribution is 2.25. The molecule has 2 saturated heterocycles. The van der Waals surface area contributed by atoms with Gasteiger partial charge in [0.15, 0.2) is 5.13 Å². The van der Waals surface area contributed by atoms with Gasteiger partial charge in [-0.05, 0) is 13.3 Å². The molecule has 1 atom stereocenters. The molecule has 1 aromatic rings. The molecule has 0 aromatic carbocycles. The van der Waals surface area contributed by atoms with Gasteiger partial charge in [-0.3, -0.25) is 14.5 Å². The van der Waals surface area contributed by atoms with Crippen molar-refractivity contribution < 1.29 is 9.59 Å². The Balaban J connectivity index is 0.00000132. The van der Waals surface area contributed by atoms with Gasteiger partial charge in [-0.1, -0.05) is 0 Å². The number of anilines is 1. The van der Waals surface area contributed by atoms with E-state index in [1.807, 2.05) is 10.3 Å². The summed E-state index contributed by atoms with van der Waals surface area (Å²) in [6.45, 7) is 5.24. The number of halogens is 2. The van der Waals surface area contributed by atoms with Crippen molar-refractivity contribution in [1.82, 2.24) is 15.2 Å². The number of piperazine rings is 1. The minimum Gasteiger partial charge on any atom is -0.337 e. The van der Waals surface area contributed by atoms with Gasteiger partial charge in [0.25, 0.3) is 0 Å². The molecule has 6 nitrogen and oxygen atoms in total. The fourth-order valence-corrected chi connectivity index (χ4v) is 3.69. The van der Waals surface area contributed by atoms with E-state index >= 15 is 0 Å². The van der Waals surface area contributed by atoms with E-state index in [1.165, 1.54) is 11.3 Å². The zero-order valence-corrected chi connectivity index (χ0v) is 15.4. The molecular formula is C14H22Cl2N4O2S. The fraction of sp³-hybridized carbons (Fsp3) is 0.643. The highest BCUT2D eigenvalue weighted by molar-refractivity contribution is 7.14. The number of carbonyl (C=O) groups is 2. The average Bonchev–Trinajstić information content (AvgIpc) is 3.08. The summed E-state index contributed by atoms with van der Waals surface area (Å²) in [6, 6.07) is 0.226. The summed E-state index contributed by atoms with van der Waals surface area (Å²) in [5.41, 5.74) is 0.769. The molecule has 2 fully saturated rings. The maximum Gasteiger partial charge on any atom is 0.228 e. The Labute approximate surface area is 152 Å². The van der Waals surface area contributed by atoms with Crippen molar-refractivity contribution >= 4 is 53.1 Å². The van der Waals surface area contributed by atoms with Crippen LogP contribution in [0.25, 0.3) is 0 Å². The van der Waals surface area contributed by atoms with Crippen LogP contribution in [0.1, 0.15) is 25.5 Å². The summed E-state index contributed by atoms with van der Waals surface area (Å²) in [6.07, 6.45) is 1.82. The molecular weight excluding hydrogens is 359 g/mol. The molecule has 0 radical (unpaired) electrons. The third-order valence-electron chi connectivity index (χ3n) is 4.00. The number of hydrogen-bond acceptors (Lipinski definition) is 5. The summed E-state index contributed by atoms with van der Waals surface area (Å²) in [5.74, 6) is 0.256. The van der Waals surface area contributed by atoms with E-state index in [0.29, 0.717) is 12.8 Å². The molecule has 2 aliphatic rings. The SMILES string of the molecule is C[C@@H]1CNCCN1C(=O)Cc1csc(N2CCCC2=O)n1.Cl.Cl. The lowest BCUT2D eigenvalue weighted by molar-refractivity contribution is -0.133. The highest BCUT2D eigenvalue weighted by Gasteiger charge is 2.26. The van der Waals surface area contributed by atoms with Crippen LogP contribution in [0, 0.1) is 0 Å². The molecule has 3 heterocycles. The van der Waals surface area contributed by atoms with Gasteiger partial charge in [0.05, 0.1) is 12.1 Å². The molecule has 0 unspecified atom stereocenters. The number of carbonyl (C=O) groups excluding carboxylic acids is 2. The Morgan fingerprint density at radius 3 is 2.87 bits per heavy atom. The summed E-state index contributed by atoms with van der Waals surface area (Å²) in [4.78, 5) is 32.2. The highest BCUT2D eigenvalue weighted by atomic mass is 35.5. The van der Waals surface area contributed by atoms with Crippen molar-refractivity contribution in [3.63, 3.8) is 0 Å². The van der Waals surface area contributed by atoms with Crippen LogP contribution in [0.2, 0.25) is 0 Å². The molecule has 23 heavy (non-hydrogen) atoms. The first-order chi connectivity index (χ1) is 10.1. The van der Waals surface area contributed by atoms with Crippen molar-refractivity contribution in [2.75, 3.05) is 31.1 Å². The van der Waals surface area contributed by atoms with E-state index in [2.05, 4.69) is 17.2 Å². The standard InChI is InChI=1S/C14H20N4O2S.2ClH/c1-10-8-15-4-6-17(10)13(20)7-11-9-21-14(16-11)18-5-2-3-12(18)19;;/h9-10,15H,2-8H2,1H3;2*1H/t10-;;/m1../s1. The largest absolute Gasteiger partial charge is 0.337 e. The zero-order chi connectivity index (χ0) is 14.8. The van der Waals surface area contributed by atoms with Crippen LogP contribution in [0.4, 0.5) is 5.13 Å². The monoisotopic (exact) mass is 380 g/mol. The molecule has 130 valence electrons. The van der Waals surface area contributed by atoms with Crippen LogP contribution in [0.3, 0.4) is 0 Å². The van der Waals surface area contributed by atoms with Crippen LogP contribution >= 0.6 is 36.2 Å². The number of nitrogens with zero attached hydrogens (tertiary/aromatic N) is 3. The number of hydrogen-bond donors (Lipinski definition) is 1. The summed E-state index contributed by atoms with van der Waals surface area (Å²) in [7, 11) is 0. The first-order valence-electron chi connectivity index (χ1n) is 7.40. The Morgan fingerprint density at radius 1 is 1.43 bits per heavy atom. The second-order valence-corrected chi connectivity index (χ2v) is 6.42. The third kappa shape index (κ3) is 4.56. The summed E-state index contributed by atoms with van der Waals surface area (Å²) in [5, 5.41) is 5.90. The van der Waals surface area contributed by atoms with Gasteiger partial charge in [-0.25, -0.2) is 4.98 Å². The van der Waals surface area contributed by atoms with E-state index in [4.69, 9.17) is 0 Å². The first-order valence-corrected chi connectivity index (χ1v) is 8.28. The molecule has 3 rings (SSSR count). The van der Waals surface area contributed by atoms with Gasteiger partial charge in [0, 0.05) is 44.0 Å². The number of amides is 2. The Morgan fingerprint density at radius 2 is 2.22 bits per heavy atom. The van der Waals surface area contributed by atoms with E-state index < -0.39 is 0 Å². The van der Waals surface area contributed by atoms with Crippen LogP contribution in [0.5, 0.6) is 0 Å². The predicted molar refractivity (Wildman–Crippen MR) is 95.9 cm³/mol. The number of nitrogens with one attached hydrogen (secondary N) is 1. The van der Waals surface area contributed by atoms with Crippen LogP contribution in [-0.2, 0) is 16.0 Å². The van der Waals surface area contributed by atoms with Gasteiger partial charge in [-0.2, -0.15) is 0 Å². The number of thiazole rings is 1. The second kappa shape index (κ2) is 8.82. The Kier molecular flexibility index (Phi) is 7.73. The topological polar surface area (TPSA) is 65.5 Å². The molecule has 1 aromatic heterocycles. The maximum atomic E-state index is 12.4. The molecule has 0 spiro atoms. The lowest BCUT2D eigenvalue weighted by Crippen LogP contribution is -2.52. The fourth-order valence-electron chi connectivity index (χ4n) is 2.82. The summed E-state index contributed by atoms with van der Waals surface area (Å²) < 4.78 is 0. The van der Waals surface area contributed by atoms with Crippen molar-refractivity contribution in [3.05, 3.63) is 11.1 Å². The molecule has 9 heteroatoms. The van der Waals surface area contributed by atoms with E-state index in [-0.39, 0.29) is 42.7 Å². The first kappa shape index (κ1) is 20.2. The third-order valence-corrected chi connectivity index (χ3v) is 4.91. The van der Waals surface area contributed by atoms with Gasteiger partial charge in [-0.15, -0.1) is 36.2 Å². The average molecular weight is 381 g/mol. The normalized spacial score (nSPS) is 20.9. The van der Waals surface area contributed by atoms with Gasteiger partial charge in [0.1, 0.15) is 0 Å². The smallest absolute Gasteiger partial charge is 0.228 e. The molecule has 2 amide bonds. The molecule has 1 N–H and O–H groups in total. The second-order valence-electron chi connectivity index (χ2n) is 5.59. The van der Waals surface area contributed by atoms with Crippen LogP contribution in [0.15, 0.2) is 5.38 Å². The maximum absolute atomic E-state index is 12.4. The van der Waals surface area contributed by atoms with E-state index in [0.717, 1.165) is 43.4 Å². The number of aromatic nitrogens is 1. The summed E-state index contributed by atoms with van der Waals surface area (Å²) >= 11 is 1.45. The lowest BCUT2D eigenvalue weighted by atomic mass is 10.2. The Hall–Kier alpha value is -0.890. The molecule has 0 bridgehead atoms. The minimum absolute atomic E-state index is 0. The van der Waals surface area contributed by atoms with E-state index in [9.17, 15) is 9.59 Å². The molecule has 0 aliphatic carbocycles. The van der Waals surface area contributed by atoms with Crippen LogP contribution < -0.4 is 10.2 Å². The Bertz CT molecular complexity index is 555. The zero-order valence-electron chi connectivity index (χ0n) is 13.0. The van der Waals surface area contributed by atoms with E-state index in [1.54, 1.807) is 4.90 Å². The molecule has 0 saturated carbocycles. The quantitative estimate of drug-likeness (QED) is 0.862. The van der Waals surface area contributed by atoms with Gasteiger partial charge >= 0.3 is 0 Å². The van der Waals surface area contributed by atoms with Gasteiger partial charge in [0.2, 0.25) is 11.8 Å². The van der Waals surface area contributed by atoms with Crippen molar-refractivity contribution in [1.29, 1.82) is 0 Å². The lowest BCUT2D eigenvalue weighted by Gasteiger charge is -2.33.